The van der Waals surface area contributed by atoms with Gasteiger partial charge in [0.15, 0.2) is 0 Å². The van der Waals surface area contributed by atoms with E-state index in [0.717, 1.165) is 11.3 Å². The monoisotopic (exact) mass is 165 g/mol. The molecule has 0 unspecified atom stereocenters. The van der Waals surface area contributed by atoms with E-state index < -0.39 is 0 Å². The Morgan fingerprint density at radius 2 is 1.83 bits per heavy atom. The van der Waals surface area contributed by atoms with Crippen molar-refractivity contribution in [1.82, 2.24) is 0 Å². The Morgan fingerprint density at radius 1 is 1.25 bits per heavy atom. The fraction of sp³-hybridized carbons (Fsp3) is 0.400. The molecule has 0 amide bonds. The van der Waals surface area contributed by atoms with Crippen molar-refractivity contribution < 1.29 is 4.74 Å². The van der Waals surface area contributed by atoms with Gasteiger partial charge in [-0.25, -0.2) is 0 Å². The van der Waals surface area contributed by atoms with Gasteiger partial charge < -0.3 is 10.5 Å². The van der Waals surface area contributed by atoms with Crippen LogP contribution in [0, 0.1) is 0 Å². The van der Waals surface area contributed by atoms with Crippen molar-refractivity contribution in [2.24, 2.45) is 5.73 Å². The highest BCUT2D eigenvalue weighted by molar-refractivity contribution is 5.27. The van der Waals surface area contributed by atoms with Crippen LogP contribution in [0.4, 0.5) is 0 Å². The lowest BCUT2D eigenvalue weighted by Crippen LogP contribution is -2.05. The number of nitrogens with two attached hydrogens (primary N) is 1. The minimum Gasteiger partial charge on any atom is -0.491 e. The van der Waals surface area contributed by atoms with E-state index in [1.165, 1.54) is 0 Å². The third-order valence-corrected chi connectivity index (χ3v) is 1.53. The van der Waals surface area contributed by atoms with Crippen LogP contribution >= 0.6 is 0 Å². The van der Waals surface area contributed by atoms with Crippen LogP contribution in [0.15, 0.2) is 24.3 Å². The fourth-order valence-electron chi connectivity index (χ4n) is 0.976. The van der Waals surface area contributed by atoms with Crippen LogP contribution < -0.4 is 10.5 Å². The molecule has 1 aromatic rings. The smallest absolute Gasteiger partial charge is 0.119 e. The van der Waals surface area contributed by atoms with Gasteiger partial charge >= 0.3 is 0 Å². The Balaban J connectivity index is 2.65. The lowest BCUT2D eigenvalue weighted by atomic mass is 10.2. The van der Waals surface area contributed by atoms with Crippen molar-refractivity contribution in [3.05, 3.63) is 29.8 Å². The van der Waals surface area contributed by atoms with Gasteiger partial charge in [-0.2, -0.15) is 0 Å². The SMILES string of the molecule is CC(C)Oc1ccc(CN)cc1. The number of rotatable bonds is 3. The van der Waals surface area contributed by atoms with Crippen molar-refractivity contribution in [3.63, 3.8) is 0 Å². The van der Waals surface area contributed by atoms with Crippen LogP contribution in [0.2, 0.25) is 0 Å². The molecule has 2 nitrogen and oxygen atoms in total. The van der Waals surface area contributed by atoms with Crippen LogP contribution in [0.1, 0.15) is 19.4 Å². The van der Waals surface area contributed by atoms with Crippen molar-refractivity contribution in [1.29, 1.82) is 0 Å². The number of hydrogen-bond acceptors (Lipinski definition) is 2. The second kappa shape index (κ2) is 4.12. The first-order chi connectivity index (χ1) is 5.72. The lowest BCUT2D eigenvalue weighted by Gasteiger charge is -2.09. The van der Waals surface area contributed by atoms with Gasteiger partial charge in [0, 0.05) is 6.54 Å². The molecule has 0 atom stereocenters. The van der Waals surface area contributed by atoms with E-state index in [0.29, 0.717) is 6.54 Å². The maximum absolute atomic E-state index is 5.47. The van der Waals surface area contributed by atoms with E-state index in [2.05, 4.69) is 0 Å². The molecule has 0 aliphatic carbocycles. The van der Waals surface area contributed by atoms with Gasteiger partial charge in [0.1, 0.15) is 5.75 Å². The highest BCUT2D eigenvalue weighted by Crippen LogP contribution is 2.13. The van der Waals surface area contributed by atoms with Gasteiger partial charge in [-0.3, -0.25) is 0 Å². The third kappa shape index (κ3) is 2.55. The second-order valence-electron chi connectivity index (χ2n) is 3.01. The summed E-state index contributed by atoms with van der Waals surface area (Å²) in [5, 5.41) is 0. The summed E-state index contributed by atoms with van der Waals surface area (Å²) in [7, 11) is 0. The average Bonchev–Trinajstić information content (AvgIpc) is 2.05. The number of benzene rings is 1. The molecular weight excluding hydrogens is 150 g/mol. The molecule has 2 N–H and O–H groups in total. The molecule has 66 valence electrons. The van der Waals surface area contributed by atoms with Crippen molar-refractivity contribution >= 4 is 0 Å². The van der Waals surface area contributed by atoms with Crippen molar-refractivity contribution in [2.45, 2.75) is 26.5 Å². The molecule has 0 saturated heterocycles. The zero-order chi connectivity index (χ0) is 8.97. The zero-order valence-corrected chi connectivity index (χ0v) is 7.58. The zero-order valence-electron chi connectivity index (χ0n) is 7.58. The molecule has 0 radical (unpaired) electrons. The summed E-state index contributed by atoms with van der Waals surface area (Å²) in [6.07, 6.45) is 0.230. The molecule has 0 aliphatic rings. The van der Waals surface area contributed by atoms with Gasteiger partial charge in [-0.1, -0.05) is 12.1 Å². The third-order valence-electron chi connectivity index (χ3n) is 1.53. The summed E-state index contributed by atoms with van der Waals surface area (Å²) in [4.78, 5) is 0. The van der Waals surface area contributed by atoms with E-state index >= 15 is 0 Å². The molecule has 0 saturated carbocycles. The topological polar surface area (TPSA) is 35.2 Å². The largest absolute Gasteiger partial charge is 0.491 e. The molecule has 0 aliphatic heterocycles. The number of hydrogen-bond donors (Lipinski definition) is 1. The molecular formula is C10H15NO. The molecule has 1 rings (SSSR count). The highest BCUT2D eigenvalue weighted by Gasteiger charge is 1.96. The molecule has 1 aromatic carbocycles. The van der Waals surface area contributed by atoms with E-state index in [9.17, 15) is 0 Å². The number of ether oxygens (including phenoxy) is 1. The first-order valence-corrected chi connectivity index (χ1v) is 4.18. The van der Waals surface area contributed by atoms with Crippen LogP contribution in [-0.2, 0) is 6.54 Å². The van der Waals surface area contributed by atoms with E-state index in [1.807, 2.05) is 38.1 Å². The highest BCUT2D eigenvalue weighted by atomic mass is 16.5. The predicted octanol–water partition coefficient (Wildman–Crippen LogP) is 1.93. The summed E-state index contributed by atoms with van der Waals surface area (Å²) in [6.45, 7) is 4.61. The van der Waals surface area contributed by atoms with Gasteiger partial charge in [0.25, 0.3) is 0 Å². The quantitative estimate of drug-likeness (QED) is 0.742. The van der Waals surface area contributed by atoms with Gasteiger partial charge in [-0.15, -0.1) is 0 Å². The Hall–Kier alpha value is -1.02. The summed E-state index contributed by atoms with van der Waals surface area (Å²) in [5.74, 6) is 0.905. The summed E-state index contributed by atoms with van der Waals surface area (Å²) < 4.78 is 5.47. The summed E-state index contributed by atoms with van der Waals surface area (Å²) in [6, 6.07) is 7.86. The lowest BCUT2D eigenvalue weighted by molar-refractivity contribution is 0.242. The fourth-order valence-corrected chi connectivity index (χ4v) is 0.976. The average molecular weight is 165 g/mol. The van der Waals surface area contributed by atoms with E-state index in [1.54, 1.807) is 0 Å². The molecule has 0 aromatic heterocycles. The molecule has 12 heavy (non-hydrogen) atoms. The maximum Gasteiger partial charge on any atom is 0.119 e. The first kappa shape index (κ1) is 9.07. The van der Waals surface area contributed by atoms with Gasteiger partial charge in [0.2, 0.25) is 0 Å². The Bertz CT molecular complexity index is 228. The Labute approximate surface area is 73.3 Å². The summed E-state index contributed by atoms with van der Waals surface area (Å²) >= 11 is 0. The predicted molar refractivity (Wildman–Crippen MR) is 50.1 cm³/mol. The van der Waals surface area contributed by atoms with E-state index in [4.69, 9.17) is 10.5 Å². The summed E-state index contributed by atoms with van der Waals surface area (Å²) in [5.41, 5.74) is 6.59. The van der Waals surface area contributed by atoms with Crippen LogP contribution in [0.25, 0.3) is 0 Å². The normalized spacial score (nSPS) is 10.3. The van der Waals surface area contributed by atoms with Crippen molar-refractivity contribution in [2.75, 3.05) is 0 Å². The second-order valence-corrected chi connectivity index (χ2v) is 3.01. The Kier molecular flexibility index (Phi) is 3.11. The first-order valence-electron chi connectivity index (χ1n) is 4.18. The molecule has 2 heteroatoms. The molecule has 0 bridgehead atoms. The van der Waals surface area contributed by atoms with Gasteiger partial charge in [-0.05, 0) is 31.5 Å². The van der Waals surface area contributed by atoms with Crippen LogP contribution in [0.3, 0.4) is 0 Å². The molecule has 0 spiro atoms. The molecule has 0 heterocycles. The van der Waals surface area contributed by atoms with E-state index in [-0.39, 0.29) is 6.10 Å². The minimum absolute atomic E-state index is 0.230. The minimum atomic E-state index is 0.230. The van der Waals surface area contributed by atoms with Crippen LogP contribution in [-0.4, -0.2) is 6.10 Å². The Morgan fingerprint density at radius 3 is 2.25 bits per heavy atom. The maximum atomic E-state index is 5.47. The standard InChI is InChI=1S/C10H15NO/c1-8(2)12-10-5-3-9(7-11)4-6-10/h3-6,8H,7,11H2,1-2H3. The van der Waals surface area contributed by atoms with Crippen LogP contribution in [0.5, 0.6) is 5.75 Å². The van der Waals surface area contributed by atoms with Gasteiger partial charge in [0.05, 0.1) is 6.10 Å². The molecule has 0 fully saturated rings. The van der Waals surface area contributed by atoms with Crippen molar-refractivity contribution in [3.8, 4) is 5.75 Å².